The van der Waals surface area contributed by atoms with Gasteiger partial charge in [-0.3, -0.25) is 4.79 Å². The van der Waals surface area contributed by atoms with Crippen molar-refractivity contribution >= 4 is 5.97 Å². The Hall–Kier alpha value is -1.65. The maximum Gasteiger partial charge on any atom is 0.309 e. The summed E-state index contributed by atoms with van der Waals surface area (Å²) in [5.41, 5.74) is 3.18. The monoisotopic (exact) mass is 435 g/mol. The van der Waals surface area contributed by atoms with Gasteiger partial charge in [0.2, 0.25) is 0 Å². The Morgan fingerprint density at radius 2 is 1.72 bits per heavy atom. The highest BCUT2D eigenvalue weighted by atomic mass is 16.5. The maximum absolute atomic E-state index is 11.0. The van der Waals surface area contributed by atoms with E-state index in [2.05, 4.69) is 41.4 Å². The average molecular weight is 436 g/mol. The van der Waals surface area contributed by atoms with E-state index in [-0.39, 0.29) is 12.0 Å². The highest BCUT2D eigenvalue weighted by Gasteiger charge is 2.55. The summed E-state index contributed by atoms with van der Waals surface area (Å²) in [4.78, 5) is 13.3. The van der Waals surface area contributed by atoms with E-state index >= 15 is 0 Å². The zero-order valence-electron chi connectivity index (χ0n) is 19.3. The highest BCUT2D eigenvalue weighted by Crippen LogP contribution is 2.64. The molecule has 0 aromatic carbocycles. The van der Waals surface area contributed by atoms with Crippen LogP contribution in [0.25, 0.3) is 0 Å². The van der Waals surface area contributed by atoms with E-state index in [1.807, 2.05) is 7.11 Å². The summed E-state index contributed by atoms with van der Waals surface area (Å²) in [5.74, 6) is 3.05. The maximum atomic E-state index is 11.0. The number of hydrogen-bond donors (Lipinski definition) is 1. The van der Waals surface area contributed by atoms with Gasteiger partial charge in [0, 0.05) is 32.7 Å². The van der Waals surface area contributed by atoms with E-state index in [0.717, 1.165) is 30.7 Å². The van der Waals surface area contributed by atoms with Gasteiger partial charge in [-0.25, -0.2) is 0 Å². The first-order chi connectivity index (χ1) is 15.5. The van der Waals surface area contributed by atoms with Crippen molar-refractivity contribution in [2.24, 2.45) is 40.9 Å². The van der Waals surface area contributed by atoms with Crippen LogP contribution in [0.1, 0.15) is 44.9 Å². The Morgan fingerprint density at radius 3 is 2.28 bits per heavy atom. The van der Waals surface area contributed by atoms with E-state index < -0.39 is 5.97 Å². The number of allylic oxidation sites excluding steroid dienone is 5. The number of likely N-dealkylation sites (tertiary alicyclic amines) is 1. The summed E-state index contributed by atoms with van der Waals surface area (Å²) in [6.07, 6.45) is 24.2. The molecule has 32 heavy (non-hydrogen) atoms. The Balaban J connectivity index is 1.15. The Bertz CT molecular complexity index is 855. The minimum absolute atomic E-state index is 0.165. The van der Waals surface area contributed by atoms with Gasteiger partial charge in [-0.05, 0) is 85.2 Å². The number of rotatable bonds is 6. The van der Waals surface area contributed by atoms with Gasteiger partial charge in [0.1, 0.15) is 0 Å². The van der Waals surface area contributed by atoms with E-state index in [0.29, 0.717) is 30.3 Å². The standard InChI is InChI=1S/C28H37NO3/c1-32-26-7-6-23(11-25(26)28-12-19-8-20(13-28)10-21(9-19)14-28)22-4-2-18(3-5-22)15-29-16-24(17-29)27(30)31/h2,4-7,11,18-21,24-26H,3,8-10,12-17H2,1H3,(H,30,31). The van der Waals surface area contributed by atoms with Crippen LogP contribution in [0.3, 0.4) is 0 Å². The van der Waals surface area contributed by atoms with Gasteiger partial charge in [-0.2, -0.15) is 0 Å². The zero-order chi connectivity index (χ0) is 21.9. The summed E-state index contributed by atoms with van der Waals surface area (Å²) >= 11 is 0. The number of carbonyl (C=O) groups is 1. The molecule has 4 nitrogen and oxygen atoms in total. The number of carboxylic acids is 1. The van der Waals surface area contributed by atoms with Crippen molar-refractivity contribution < 1.29 is 14.6 Å². The second-order valence-corrected chi connectivity index (χ2v) is 11.8. The molecule has 1 saturated heterocycles. The number of aliphatic carboxylic acids is 1. The Labute approximate surface area is 192 Å². The molecule has 0 radical (unpaired) electrons. The third-order valence-corrected chi connectivity index (χ3v) is 9.56. The van der Waals surface area contributed by atoms with Crippen LogP contribution in [-0.2, 0) is 9.53 Å². The molecule has 1 heterocycles. The van der Waals surface area contributed by atoms with Gasteiger partial charge in [0.25, 0.3) is 0 Å². The molecule has 0 aromatic heterocycles. The number of ether oxygens (including phenoxy) is 1. The van der Waals surface area contributed by atoms with Crippen LogP contribution < -0.4 is 0 Å². The lowest BCUT2D eigenvalue weighted by atomic mass is 9.45. The van der Waals surface area contributed by atoms with E-state index in [9.17, 15) is 4.79 Å². The van der Waals surface area contributed by atoms with Crippen molar-refractivity contribution in [3.63, 3.8) is 0 Å². The lowest BCUT2D eigenvalue weighted by Gasteiger charge is -2.60. The molecule has 7 aliphatic rings. The second-order valence-electron chi connectivity index (χ2n) is 11.8. The molecule has 0 amide bonds. The SMILES string of the molecule is COC1C=CC(C2=CCC(CN3CC(C(=O)O)C3)C=C2)=CC1C12CC3CC(CC(C3)C1)C2. The summed E-state index contributed by atoms with van der Waals surface area (Å²) in [6, 6.07) is 0. The largest absolute Gasteiger partial charge is 0.481 e. The molecule has 4 heteroatoms. The Morgan fingerprint density at radius 1 is 1.06 bits per heavy atom. The molecule has 0 spiro atoms. The summed E-state index contributed by atoms with van der Waals surface area (Å²) in [6.45, 7) is 2.38. The fraction of sp³-hybridized carbons (Fsp3) is 0.679. The Kier molecular flexibility index (Phi) is 5.22. The number of hydrogen-bond acceptors (Lipinski definition) is 3. The van der Waals surface area contributed by atoms with Gasteiger partial charge in [-0.15, -0.1) is 0 Å². The average Bonchev–Trinajstić information content (AvgIpc) is 2.75. The topological polar surface area (TPSA) is 49.8 Å². The number of methoxy groups -OCH3 is 1. The molecular formula is C28H37NO3. The van der Waals surface area contributed by atoms with Crippen molar-refractivity contribution in [3.05, 3.63) is 47.6 Å². The molecule has 4 bridgehead atoms. The van der Waals surface area contributed by atoms with Crippen LogP contribution in [0.2, 0.25) is 0 Å². The molecule has 5 fully saturated rings. The normalized spacial score (nSPS) is 43.2. The zero-order valence-corrected chi connectivity index (χ0v) is 19.3. The van der Waals surface area contributed by atoms with Crippen molar-refractivity contribution in [3.8, 4) is 0 Å². The molecule has 0 aromatic rings. The molecule has 7 rings (SSSR count). The van der Waals surface area contributed by atoms with Crippen molar-refractivity contribution in [2.75, 3.05) is 26.7 Å². The highest BCUT2D eigenvalue weighted by molar-refractivity contribution is 5.71. The summed E-state index contributed by atoms with van der Waals surface area (Å²) < 4.78 is 6.02. The summed E-state index contributed by atoms with van der Waals surface area (Å²) in [5, 5.41) is 9.09. The molecular weight excluding hydrogens is 398 g/mol. The fourth-order valence-corrected chi connectivity index (χ4v) is 8.41. The van der Waals surface area contributed by atoms with Gasteiger partial charge in [-0.1, -0.05) is 36.5 Å². The lowest BCUT2D eigenvalue weighted by molar-refractivity contribution is -0.147. The quantitative estimate of drug-likeness (QED) is 0.648. The van der Waals surface area contributed by atoms with Crippen LogP contribution in [0.15, 0.2) is 47.6 Å². The molecule has 4 saturated carbocycles. The first-order valence-electron chi connectivity index (χ1n) is 12.8. The smallest absolute Gasteiger partial charge is 0.309 e. The fourth-order valence-electron chi connectivity index (χ4n) is 8.41. The predicted octanol–water partition coefficient (Wildman–Crippen LogP) is 4.85. The minimum Gasteiger partial charge on any atom is -0.481 e. The first kappa shape index (κ1) is 20.9. The molecule has 1 aliphatic heterocycles. The predicted molar refractivity (Wildman–Crippen MR) is 125 cm³/mol. The van der Waals surface area contributed by atoms with Gasteiger partial charge in [0.05, 0.1) is 12.0 Å². The van der Waals surface area contributed by atoms with Crippen molar-refractivity contribution in [2.45, 2.75) is 51.0 Å². The number of carboxylic acid groups (broad SMARTS) is 1. The third-order valence-electron chi connectivity index (χ3n) is 9.56. The minimum atomic E-state index is -0.651. The molecule has 172 valence electrons. The first-order valence-corrected chi connectivity index (χ1v) is 12.8. The number of nitrogens with zero attached hydrogens (tertiary/aromatic N) is 1. The van der Waals surface area contributed by atoms with Crippen molar-refractivity contribution in [1.29, 1.82) is 0 Å². The second kappa shape index (κ2) is 7.99. The van der Waals surface area contributed by atoms with Crippen LogP contribution in [0.4, 0.5) is 0 Å². The molecule has 3 unspecified atom stereocenters. The van der Waals surface area contributed by atoms with Crippen LogP contribution in [0.5, 0.6) is 0 Å². The van der Waals surface area contributed by atoms with Crippen LogP contribution >= 0.6 is 0 Å². The molecule has 3 atom stereocenters. The van der Waals surface area contributed by atoms with Gasteiger partial charge < -0.3 is 14.7 Å². The third kappa shape index (κ3) is 3.64. The van der Waals surface area contributed by atoms with Crippen LogP contribution in [0, 0.1) is 40.9 Å². The lowest BCUT2D eigenvalue weighted by Crippen LogP contribution is -2.52. The van der Waals surface area contributed by atoms with Gasteiger partial charge in [0.15, 0.2) is 0 Å². The summed E-state index contributed by atoms with van der Waals surface area (Å²) in [7, 11) is 1.89. The van der Waals surface area contributed by atoms with Crippen molar-refractivity contribution in [1.82, 2.24) is 4.90 Å². The molecule has 6 aliphatic carbocycles. The van der Waals surface area contributed by atoms with Crippen LogP contribution in [-0.4, -0.2) is 48.8 Å². The van der Waals surface area contributed by atoms with E-state index in [1.165, 1.54) is 49.7 Å². The van der Waals surface area contributed by atoms with E-state index in [1.54, 1.807) is 0 Å². The molecule has 1 N–H and O–H groups in total. The van der Waals surface area contributed by atoms with E-state index in [4.69, 9.17) is 9.84 Å². The van der Waals surface area contributed by atoms with Gasteiger partial charge >= 0.3 is 5.97 Å².